The third-order valence-electron chi connectivity index (χ3n) is 3.64. The normalized spacial score (nSPS) is 15.1. The van der Waals surface area contributed by atoms with Crippen LogP contribution in [-0.4, -0.2) is 39.4 Å². The third-order valence-corrected chi connectivity index (χ3v) is 3.64. The number of aryl methyl sites for hydroxylation is 1. The summed E-state index contributed by atoms with van der Waals surface area (Å²) in [5.41, 5.74) is 2.95. The molecule has 106 valence electrons. The van der Waals surface area contributed by atoms with Gasteiger partial charge in [0, 0.05) is 38.5 Å². The van der Waals surface area contributed by atoms with E-state index >= 15 is 0 Å². The van der Waals surface area contributed by atoms with Crippen LogP contribution in [0.4, 0.5) is 5.69 Å². The van der Waals surface area contributed by atoms with Crippen LogP contribution in [0.1, 0.15) is 25.3 Å². The van der Waals surface area contributed by atoms with Gasteiger partial charge in [-0.15, -0.1) is 0 Å². The minimum Gasteiger partial charge on any atom is -0.380 e. The lowest BCUT2D eigenvalue weighted by molar-refractivity contribution is 0.149. The van der Waals surface area contributed by atoms with Gasteiger partial charge in [-0.05, 0) is 37.8 Å². The van der Waals surface area contributed by atoms with Crippen molar-refractivity contribution in [2.75, 3.05) is 44.3 Å². The molecule has 2 rings (SSSR count). The van der Waals surface area contributed by atoms with Crippen molar-refractivity contribution >= 4 is 5.69 Å². The fourth-order valence-corrected chi connectivity index (χ4v) is 2.63. The Morgan fingerprint density at radius 1 is 1.21 bits per heavy atom. The first kappa shape index (κ1) is 14.4. The first-order valence-corrected chi connectivity index (χ1v) is 7.53. The second-order valence-corrected chi connectivity index (χ2v) is 5.02. The van der Waals surface area contributed by atoms with Crippen LogP contribution >= 0.6 is 0 Å². The van der Waals surface area contributed by atoms with E-state index in [1.165, 1.54) is 37.1 Å². The van der Waals surface area contributed by atoms with Crippen LogP contribution in [0.15, 0.2) is 24.3 Å². The minimum atomic E-state index is 0.807. The smallest absolute Gasteiger partial charge is 0.0590 e. The Morgan fingerprint density at radius 3 is 3.00 bits per heavy atom. The first-order chi connectivity index (χ1) is 9.42. The maximum Gasteiger partial charge on any atom is 0.0590 e. The van der Waals surface area contributed by atoms with Gasteiger partial charge >= 0.3 is 0 Å². The second kappa shape index (κ2) is 8.18. The zero-order valence-electron chi connectivity index (χ0n) is 12.0. The van der Waals surface area contributed by atoms with E-state index in [-0.39, 0.29) is 0 Å². The zero-order chi connectivity index (χ0) is 13.3. The van der Waals surface area contributed by atoms with Crippen molar-refractivity contribution in [2.45, 2.75) is 26.2 Å². The molecule has 0 saturated heterocycles. The quantitative estimate of drug-likeness (QED) is 0.764. The van der Waals surface area contributed by atoms with E-state index in [9.17, 15) is 0 Å². The molecule has 1 aliphatic heterocycles. The van der Waals surface area contributed by atoms with Gasteiger partial charge < -0.3 is 15.0 Å². The van der Waals surface area contributed by atoms with Crippen molar-refractivity contribution in [3.63, 3.8) is 0 Å². The van der Waals surface area contributed by atoms with Crippen LogP contribution in [-0.2, 0) is 11.2 Å². The summed E-state index contributed by atoms with van der Waals surface area (Å²) >= 11 is 0. The molecule has 1 aromatic rings. The summed E-state index contributed by atoms with van der Waals surface area (Å²) in [6.45, 7) is 7.90. The lowest BCUT2D eigenvalue weighted by atomic mass is 10.1. The highest BCUT2D eigenvalue weighted by molar-refractivity contribution is 5.54. The Balaban J connectivity index is 1.79. The predicted molar refractivity (Wildman–Crippen MR) is 81.0 cm³/mol. The van der Waals surface area contributed by atoms with Crippen LogP contribution in [0.2, 0.25) is 0 Å². The van der Waals surface area contributed by atoms with Crippen molar-refractivity contribution in [3.05, 3.63) is 29.8 Å². The molecular weight excluding hydrogens is 236 g/mol. The molecule has 1 aromatic carbocycles. The summed E-state index contributed by atoms with van der Waals surface area (Å²) in [5, 5.41) is 3.45. The Bertz CT molecular complexity index is 368. The largest absolute Gasteiger partial charge is 0.380 e. The SMILES string of the molecule is CCOCCNCCN1CCCCc2ccccc21. The molecule has 19 heavy (non-hydrogen) atoms. The molecule has 0 spiro atoms. The number of ether oxygens (including phenoxy) is 1. The van der Waals surface area contributed by atoms with Crippen molar-refractivity contribution in [2.24, 2.45) is 0 Å². The van der Waals surface area contributed by atoms with Crippen LogP contribution < -0.4 is 10.2 Å². The molecule has 3 heteroatoms. The third kappa shape index (κ3) is 4.51. The van der Waals surface area contributed by atoms with Crippen molar-refractivity contribution in [1.82, 2.24) is 5.32 Å². The Labute approximate surface area is 116 Å². The van der Waals surface area contributed by atoms with E-state index in [4.69, 9.17) is 4.74 Å². The van der Waals surface area contributed by atoms with E-state index in [1.807, 2.05) is 6.92 Å². The van der Waals surface area contributed by atoms with Crippen LogP contribution in [0.25, 0.3) is 0 Å². The standard InChI is InChI=1S/C16H26N2O/c1-2-19-14-11-17-10-13-18-12-6-5-8-15-7-3-4-9-16(15)18/h3-4,7,9,17H,2,5-6,8,10-14H2,1H3. The van der Waals surface area contributed by atoms with Crippen LogP contribution in [0.3, 0.4) is 0 Å². The van der Waals surface area contributed by atoms with Crippen LogP contribution in [0, 0.1) is 0 Å². The molecule has 0 aromatic heterocycles. The molecule has 1 aliphatic rings. The maximum absolute atomic E-state index is 5.33. The molecule has 0 saturated carbocycles. The molecule has 0 amide bonds. The number of nitrogens with one attached hydrogen (secondary N) is 1. The van der Waals surface area contributed by atoms with E-state index in [0.717, 1.165) is 32.8 Å². The van der Waals surface area contributed by atoms with Gasteiger partial charge in [-0.3, -0.25) is 0 Å². The van der Waals surface area contributed by atoms with Gasteiger partial charge in [-0.2, -0.15) is 0 Å². The number of hydrogen-bond donors (Lipinski definition) is 1. The van der Waals surface area contributed by atoms with E-state index in [1.54, 1.807) is 0 Å². The summed E-state index contributed by atoms with van der Waals surface area (Å²) in [7, 11) is 0. The van der Waals surface area contributed by atoms with E-state index in [2.05, 4.69) is 34.5 Å². The second-order valence-electron chi connectivity index (χ2n) is 5.02. The van der Waals surface area contributed by atoms with E-state index in [0.29, 0.717) is 0 Å². The number of para-hydroxylation sites is 1. The molecule has 1 N–H and O–H groups in total. The number of benzene rings is 1. The highest BCUT2D eigenvalue weighted by Gasteiger charge is 2.13. The average molecular weight is 262 g/mol. The Kier molecular flexibility index (Phi) is 6.18. The maximum atomic E-state index is 5.33. The molecule has 0 bridgehead atoms. The molecule has 0 aliphatic carbocycles. The number of anilines is 1. The van der Waals surface area contributed by atoms with Gasteiger partial charge in [-0.1, -0.05) is 18.2 Å². The summed E-state index contributed by atoms with van der Waals surface area (Å²) < 4.78 is 5.33. The van der Waals surface area contributed by atoms with Gasteiger partial charge in [0.25, 0.3) is 0 Å². The van der Waals surface area contributed by atoms with Gasteiger partial charge in [-0.25, -0.2) is 0 Å². The summed E-state index contributed by atoms with van der Waals surface area (Å²) in [5.74, 6) is 0. The molecule has 0 fully saturated rings. The number of nitrogens with zero attached hydrogens (tertiary/aromatic N) is 1. The minimum absolute atomic E-state index is 0.807. The molecule has 0 atom stereocenters. The first-order valence-electron chi connectivity index (χ1n) is 7.53. The monoisotopic (exact) mass is 262 g/mol. The highest BCUT2D eigenvalue weighted by Crippen LogP contribution is 2.25. The summed E-state index contributed by atoms with van der Waals surface area (Å²) in [6, 6.07) is 8.85. The molecule has 3 nitrogen and oxygen atoms in total. The predicted octanol–water partition coefficient (Wildman–Crippen LogP) is 2.46. The van der Waals surface area contributed by atoms with Crippen molar-refractivity contribution in [3.8, 4) is 0 Å². The van der Waals surface area contributed by atoms with Gasteiger partial charge in [0.2, 0.25) is 0 Å². The summed E-state index contributed by atoms with van der Waals surface area (Å²) in [6.07, 6.45) is 3.84. The average Bonchev–Trinajstić information content (AvgIpc) is 2.65. The summed E-state index contributed by atoms with van der Waals surface area (Å²) in [4.78, 5) is 2.52. The van der Waals surface area contributed by atoms with Gasteiger partial charge in [0.1, 0.15) is 0 Å². The van der Waals surface area contributed by atoms with Gasteiger partial charge in [0.05, 0.1) is 6.61 Å². The highest BCUT2D eigenvalue weighted by atomic mass is 16.5. The fourth-order valence-electron chi connectivity index (χ4n) is 2.63. The number of rotatable bonds is 7. The van der Waals surface area contributed by atoms with E-state index < -0.39 is 0 Å². The lowest BCUT2D eigenvalue weighted by Crippen LogP contribution is -2.34. The lowest BCUT2D eigenvalue weighted by Gasteiger charge is -2.25. The molecule has 1 heterocycles. The Hall–Kier alpha value is -1.06. The van der Waals surface area contributed by atoms with Crippen molar-refractivity contribution < 1.29 is 4.74 Å². The number of hydrogen-bond acceptors (Lipinski definition) is 3. The van der Waals surface area contributed by atoms with Crippen molar-refractivity contribution in [1.29, 1.82) is 0 Å². The Morgan fingerprint density at radius 2 is 2.11 bits per heavy atom. The number of fused-ring (bicyclic) bond motifs is 1. The molecular formula is C16H26N2O. The van der Waals surface area contributed by atoms with Crippen LogP contribution in [0.5, 0.6) is 0 Å². The fraction of sp³-hybridized carbons (Fsp3) is 0.625. The zero-order valence-corrected chi connectivity index (χ0v) is 12.0. The van der Waals surface area contributed by atoms with Gasteiger partial charge in [0.15, 0.2) is 0 Å². The molecule has 0 radical (unpaired) electrons. The molecule has 0 unspecified atom stereocenters. The topological polar surface area (TPSA) is 24.5 Å².